The van der Waals surface area contributed by atoms with Crippen LogP contribution in [0.15, 0.2) is 30.3 Å². The van der Waals surface area contributed by atoms with Crippen molar-refractivity contribution in [2.75, 3.05) is 12.8 Å². The molecule has 0 saturated carbocycles. The van der Waals surface area contributed by atoms with E-state index in [1.165, 1.54) is 6.92 Å². The highest BCUT2D eigenvalue weighted by Gasteiger charge is 2.17. The van der Waals surface area contributed by atoms with Gasteiger partial charge in [0.2, 0.25) is 15.9 Å². The van der Waals surface area contributed by atoms with Gasteiger partial charge in [0, 0.05) is 12.6 Å². The molecule has 0 radical (unpaired) electrons. The Morgan fingerprint density at radius 3 is 2.35 bits per heavy atom. The summed E-state index contributed by atoms with van der Waals surface area (Å²) in [5, 5.41) is 2.61. The normalized spacial score (nSPS) is 13.9. The molecule has 0 fully saturated rings. The highest BCUT2D eigenvalue weighted by molar-refractivity contribution is 7.88. The lowest BCUT2D eigenvalue weighted by atomic mass is 10.1. The van der Waals surface area contributed by atoms with Gasteiger partial charge in [0.25, 0.3) is 0 Å². The molecule has 0 aliphatic heterocycles. The van der Waals surface area contributed by atoms with Crippen LogP contribution in [0.5, 0.6) is 0 Å². The number of amides is 1. The molecule has 0 spiro atoms. The summed E-state index contributed by atoms with van der Waals surface area (Å²) >= 11 is 0. The second-order valence-electron chi connectivity index (χ2n) is 4.37. The van der Waals surface area contributed by atoms with E-state index in [0.717, 1.165) is 11.8 Å². The van der Waals surface area contributed by atoms with Crippen molar-refractivity contribution in [1.29, 1.82) is 0 Å². The number of hydrogen-bond acceptors (Lipinski definition) is 4. The molecule has 0 aliphatic carbocycles. The second kappa shape index (κ2) is 8.21. The summed E-state index contributed by atoms with van der Waals surface area (Å²) < 4.78 is 24.2. The number of carbonyl (C=O) groups excluding carboxylic acids is 1. The third-order valence-electron chi connectivity index (χ3n) is 2.51. The maximum absolute atomic E-state index is 11.7. The number of carbonyl (C=O) groups is 1. The van der Waals surface area contributed by atoms with Crippen LogP contribution in [-0.2, 0) is 14.8 Å². The first-order valence-electron chi connectivity index (χ1n) is 5.85. The number of hydrogen-bond donors (Lipinski definition) is 3. The highest BCUT2D eigenvalue weighted by atomic mass is 35.5. The smallest absolute Gasteiger partial charge is 0.237 e. The molecular weight excluding hydrogens is 302 g/mol. The molecule has 4 N–H and O–H groups in total. The fourth-order valence-corrected chi connectivity index (χ4v) is 2.31. The summed E-state index contributed by atoms with van der Waals surface area (Å²) in [5.74, 6) is -0.406. The first-order valence-corrected chi connectivity index (χ1v) is 7.74. The monoisotopic (exact) mass is 321 g/mol. The average Bonchev–Trinajstić information content (AvgIpc) is 2.34. The van der Waals surface area contributed by atoms with Crippen LogP contribution in [0.4, 0.5) is 0 Å². The summed E-state index contributed by atoms with van der Waals surface area (Å²) in [6.45, 7) is 1.73. The number of halogens is 1. The van der Waals surface area contributed by atoms with Gasteiger partial charge in [-0.1, -0.05) is 30.3 Å². The van der Waals surface area contributed by atoms with Crippen molar-refractivity contribution in [3.63, 3.8) is 0 Å². The van der Waals surface area contributed by atoms with E-state index in [2.05, 4.69) is 10.0 Å². The van der Waals surface area contributed by atoms with Crippen molar-refractivity contribution in [2.45, 2.75) is 19.0 Å². The van der Waals surface area contributed by atoms with Gasteiger partial charge in [-0.3, -0.25) is 4.79 Å². The van der Waals surface area contributed by atoms with E-state index in [0.29, 0.717) is 0 Å². The number of rotatable bonds is 6. The third kappa shape index (κ3) is 6.85. The molecule has 1 aromatic rings. The van der Waals surface area contributed by atoms with Crippen molar-refractivity contribution in [2.24, 2.45) is 5.73 Å². The van der Waals surface area contributed by atoms with Crippen molar-refractivity contribution in [3.8, 4) is 0 Å². The topological polar surface area (TPSA) is 101 Å². The number of nitrogens with one attached hydrogen (secondary N) is 2. The average molecular weight is 322 g/mol. The molecule has 0 aliphatic rings. The highest BCUT2D eigenvalue weighted by Crippen LogP contribution is 2.07. The Bertz CT molecular complexity index is 522. The van der Waals surface area contributed by atoms with E-state index in [1.807, 2.05) is 30.3 Å². The lowest BCUT2D eigenvalue weighted by molar-refractivity contribution is -0.122. The quantitative estimate of drug-likeness (QED) is 0.694. The molecule has 1 amide bonds. The van der Waals surface area contributed by atoms with Gasteiger partial charge < -0.3 is 11.1 Å². The van der Waals surface area contributed by atoms with Crippen LogP contribution >= 0.6 is 12.4 Å². The maximum atomic E-state index is 11.7. The predicted octanol–water partition coefficient (Wildman–Crippen LogP) is 0.162. The van der Waals surface area contributed by atoms with E-state index < -0.39 is 22.0 Å². The van der Waals surface area contributed by atoms with Crippen molar-refractivity contribution < 1.29 is 13.2 Å². The Balaban J connectivity index is 0.00000361. The molecule has 0 heterocycles. The maximum Gasteiger partial charge on any atom is 0.237 e. The van der Waals surface area contributed by atoms with Gasteiger partial charge >= 0.3 is 0 Å². The molecule has 2 atom stereocenters. The number of benzene rings is 1. The molecule has 2 unspecified atom stereocenters. The van der Waals surface area contributed by atoms with Gasteiger partial charge in [0.1, 0.15) is 0 Å². The van der Waals surface area contributed by atoms with Gasteiger partial charge in [0.15, 0.2) is 0 Å². The molecule has 0 aromatic heterocycles. The number of sulfonamides is 1. The van der Waals surface area contributed by atoms with Gasteiger partial charge in [-0.05, 0) is 12.5 Å². The molecule has 114 valence electrons. The first kappa shape index (κ1) is 18.9. The van der Waals surface area contributed by atoms with Crippen LogP contribution in [0.1, 0.15) is 18.5 Å². The van der Waals surface area contributed by atoms with Crippen LogP contribution in [0, 0.1) is 0 Å². The van der Waals surface area contributed by atoms with Gasteiger partial charge in [-0.25, -0.2) is 13.1 Å². The Labute approximate surface area is 125 Å². The van der Waals surface area contributed by atoms with E-state index in [1.54, 1.807) is 0 Å². The fraction of sp³-hybridized carbons (Fsp3) is 0.417. The summed E-state index contributed by atoms with van der Waals surface area (Å²) in [6.07, 6.45) is 1.01. The molecular formula is C12H20ClN3O3S. The van der Waals surface area contributed by atoms with Crippen molar-refractivity contribution in [1.82, 2.24) is 10.0 Å². The van der Waals surface area contributed by atoms with Crippen LogP contribution in [-0.4, -0.2) is 33.2 Å². The Hall–Kier alpha value is -1.15. The van der Waals surface area contributed by atoms with Gasteiger partial charge in [-0.2, -0.15) is 0 Å². The summed E-state index contributed by atoms with van der Waals surface area (Å²) in [4.78, 5) is 11.7. The fourth-order valence-electron chi connectivity index (χ4n) is 1.56. The third-order valence-corrected chi connectivity index (χ3v) is 3.29. The van der Waals surface area contributed by atoms with Crippen molar-refractivity contribution >= 4 is 28.3 Å². The zero-order chi connectivity index (χ0) is 14.5. The largest absolute Gasteiger partial charge is 0.353 e. The minimum atomic E-state index is -3.40. The van der Waals surface area contributed by atoms with Crippen LogP contribution in [0.25, 0.3) is 0 Å². The molecule has 1 rings (SSSR count). The minimum absolute atomic E-state index is 0. The Kier molecular flexibility index (Phi) is 7.74. The van der Waals surface area contributed by atoms with Gasteiger partial charge in [-0.15, -0.1) is 12.4 Å². The minimum Gasteiger partial charge on any atom is -0.353 e. The SMILES string of the molecule is CC(NS(C)(=O)=O)C(=O)NCC(N)c1ccccc1.Cl. The van der Waals surface area contributed by atoms with Gasteiger partial charge in [0.05, 0.1) is 12.3 Å². The summed E-state index contributed by atoms with van der Waals surface area (Å²) in [7, 11) is -3.40. The predicted molar refractivity (Wildman–Crippen MR) is 81.1 cm³/mol. The van der Waals surface area contributed by atoms with Crippen LogP contribution < -0.4 is 15.8 Å². The molecule has 20 heavy (non-hydrogen) atoms. The van der Waals surface area contributed by atoms with Crippen LogP contribution in [0.3, 0.4) is 0 Å². The van der Waals surface area contributed by atoms with E-state index >= 15 is 0 Å². The van der Waals surface area contributed by atoms with E-state index in [9.17, 15) is 13.2 Å². The Morgan fingerprint density at radius 2 is 1.85 bits per heavy atom. The first-order chi connectivity index (χ1) is 8.79. The molecule has 0 saturated heterocycles. The number of nitrogens with two attached hydrogens (primary N) is 1. The lowest BCUT2D eigenvalue weighted by Gasteiger charge is -2.16. The van der Waals surface area contributed by atoms with Crippen molar-refractivity contribution in [3.05, 3.63) is 35.9 Å². The lowest BCUT2D eigenvalue weighted by Crippen LogP contribution is -2.46. The zero-order valence-corrected chi connectivity index (χ0v) is 13.0. The summed E-state index contributed by atoms with van der Waals surface area (Å²) in [5.41, 5.74) is 6.83. The molecule has 1 aromatic carbocycles. The standard InChI is InChI=1S/C12H19N3O3S.ClH/c1-9(15-19(2,17)18)12(16)14-8-11(13)10-6-4-3-5-7-10;/h3-7,9,11,15H,8,13H2,1-2H3,(H,14,16);1H. The second-order valence-corrected chi connectivity index (χ2v) is 6.15. The van der Waals surface area contributed by atoms with Crippen LogP contribution in [0.2, 0.25) is 0 Å². The van der Waals surface area contributed by atoms with E-state index in [4.69, 9.17) is 5.73 Å². The Morgan fingerprint density at radius 1 is 1.30 bits per heavy atom. The molecule has 6 nitrogen and oxygen atoms in total. The summed E-state index contributed by atoms with van der Waals surface area (Å²) in [6, 6.07) is 8.21. The molecule has 0 bridgehead atoms. The molecule has 8 heteroatoms. The zero-order valence-electron chi connectivity index (χ0n) is 11.4. The van der Waals surface area contributed by atoms with E-state index in [-0.39, 0.29) is 25.0 Å².